The molecule has 0 heterocycles. The molecule has 0 spiro atoms. The lowest BCUT2D eigenvalue weighted by Crippen LogP contribution is -2.12. The molecule has 0 aliphatic rings. The third-order valence-electron chi connectivity index (χ3n) is 0.616. The maximum atomic E-state index is 6.96. The van der Waals surface area contributed by atoms with Crippen molar-refractivity contribution in [2.24, 2.45) is 4.99 Å². The minimum atomic E-state index is 0.331. The van der Waals surface area contributed by atoms with E-state index in [1.54, 1.807) is 7.05 Å². The van der Waals surface area contributed by atoms with Gasteiger partial charge in [0.15, 0.2) is 0 Å². The molecule has 0 aromatic heterocycles. The summed E-state index contributed by atoms with van der Waals surface area (Å²) in [7, 11) is 1.68. The van der Waals surface area contributed by atoms with E-state index < -0.39 is 0 Å². The van der Waals surface area contributed by atoms with Gasteiger partial charge in [0.25, 0.3) is 0 Å². The summed E-state index contributed by atoms with van der Waals surface area (Å²) < 4.78 is 0. The molecular formula is C5H9N3. The molecule has 0 aliphatic carbocycles. The third kappa shape index (κ3) is 3.08. The summed E-state index contributed by atoms with van der Waals surface area (Å²) in [5.41, 5.74) is 0. The fourth-order valence-corrected chi connectivity index (χ4v) is 0.211. The summed E-state index contributed by atoms with van der Waals surface area (Å²) >= 11 is 0. The zero-order valence-electron chi connectivity index (χ0n) is 4.81. The minimum Gasteiger partial charge on any atom is -0.374 e. The summed E-state index contributed by atoms with van der Waals surface area (Å²) in [6.07, 6.45) is 2.98. The Kier molecular flexibility index (Phi) is 3.48. The predicted octanol–water partition coefficient (Wildman–Crippen LogP) is 0.397. The Balaban J connectivity index is 3.52. The van der Waals surface area contributed by atoms with Crippen LogP contribution >= 0.6 is 0 Å². The fourth-order valence-electron chi connectivity index (χ4n) is 0.211. The van der Waals surface area contributed by atoms with Crippen molar-refractivity contribution in [1.82, 2.24) is 5.32 Å². The van der Waals surface area contributed by atoms with Crippen LogP contribution in [0.25, 0.3) is 0 Å². The van der Waals surface area contributed by atoms with Crippen LogP contribution in [0.4, 0.5) is 0 Å². The Bertz CT molecular complexity index is 115. The molecule has 0 amide bonds. The monoisotopic (exact) mass is 111 g/mol. The highest BCUT2D eigenvalue weighted by Crippen LogP contribution is 1.70. The van der Waals surface area contributed by atoms with Gasteiger partial charge in [-0.3, -0.25) is 10.4 Å². The minimum absolute atomic E-state index is 0.331. The van der Waals surface area contributed by atoms with E-state index in [2.05, 4.69) is 17.0 Å². The average molecular weight is 111 g/mol. The number of hydrogen-bond donors (Lipinski definition) is 2. The second-order valence-corrected chi connectivity index (χ2v) is 1.16. The lowest BCUT2D eigenvalue weighted by atomic mass is 10.5. The first-order chi connectivity index (χ1) is 3.81. The molecule has 0 fully saturated rings. The number of nitrogens with zero attached hydrogens (tertiary/aromatic N) is 1. The highest BCUT2D eigenvalue weighted by Gasteiger charge is 1.76. The van der Waals surface area contributed by atoms with Crippen molar-refractivity contribution in [3.63, 3.8) is 0 Å². The van der Waals surface area contributed by atoms with Crippen LogP contribution in [0.1, 0.15) is 0 Å². The molecule has 3 nitrogen and oxygen atoms in total. The molecule has 8 heavy (non-hydrogen) atoms. The van der Waals surface area contributed by atoms with Crippen LogP contribution in [0.2, 0.25) is 0 Å². The van der Waals surface area contributed by atoms with E-state index in [4.69, 9.17) is 5.41 Å². The fraction of sp³-hybridized carbons (Fsp3) is 0.200. The highest BCUT2D eigenvalue weighted by atomic mass is 14.9. The van der Waals surface area contributed by atoms with Gasteiger partial charge >= 0.3 is 0 Å². The lowest BCUT2D eigenvalue weighted by molar-refractivity contribution is 1.15. The second-order valence-electron chi connectivity index (χ2n) is 1.16. The van der Waals surface area contributed by atoms with Crippen molar-refractivity contribution in [2.75, 3.05) is 7.05 Å². The van der Waals surface area contributed by atoms with Gasteiger partial charge in [0.05, 0.1) is 0 Å². The molecule has 0 radical (unpaired) electrons. The topological polar surface area (TPSA) is 48.2 Å². The SMILES string of the molecule is C=N/C=C\C(=N)NC. The number of amidine groups is 1. The maximum absolute atomic E-state index is 6.96. The van der Waals surface area contributed by atoms with Gasteiger partial charge in [-0.25, -0.2) is 0 Å². The van der Waals surface area contributed by atoms with Gasteiger partial charge in [-0.15, -0.1) is 0 Å². The van der Waals surface area contributed by atoms with Gasteiger partial charge in [0.2, 0.25) is 0 Å². The first kappa shape index (κ1) is 6.88. The first-order valence-corrected chi connectivity index (χ1v) is 2.20. The average Bonchev–Trinajstić information content (AvgIpc) is 1.83. The molecule has 0 saturated carbocycles. The Hall–Kier alpha value is -1.12. The molecule has 0 aliphatic heterocycles. The smallest absolute Gasteiger partial charge is 0.119 e. The van der Waals surface area contributed by atoms with E-state index in [-0.39, 0.29) is 0 Å². The zero-order chi connectivity index (χ0) is 6.41. The Labute approximate surface area is 48.6 Å². The summed E-state index contributed by atoms with van der Waals surface area (Å²) in [5, 5.41) is 9.56. The van der Waals surface area contributed by atoms with E-state index in [1.165, 1.54) is 12.3 Å². The van der Waals surface area contributed by atoms with Crippen LogP contribution in [0, 0.1) is 5.41 Å². The molecule has 0 bridgehead atoms. The Morgan fingerprint density at radius 1 is 1.88 bits per heavy atom. The summed E-state index contributed by atoms with van der Waals surface area (Å²) in [6.45, 7) is 3.21. The predicted molar refractivity (Wildman–Crippen MR) is 35.5 cm³/mol. The Morgan fingerprint density at radius 2 is 2.50 bits per heavy atom. The van der Waals surface area contributed by atoms with Crippen LogP contribution in [0.5, 0.6) is 0 Å². The molecular weight excluding hydrogens is 102 g/mol. The van der Waals surface area contributed by atoms with Crippen LogP contribution in [-0.4, -0.2) is 19.6 Å². The largest absolute Gasteiger partial charge is 0.374 e. The van der Waals surface area contributed by atoms with Crippen molar-refractivity contribution < 1.29 is 0 Å². The molecule has 44 valence electrons. The number of likely N-dealkylation sites (N-methyl/N-ethyl adjacent to an activating group) is 1. The van der Waals surface area contributed by atoms with Crippen LogP contribution in [-0.2, 0) is 0 Å². The van der Waals surface area contributed by atoms with E-state index in [0.717, 1.165) is 0 Å². The van der Waals surface area contributed by atoms with Crippen LogP contribution in [0.15, 0.2) is 17.3 Å². The van der Waals surface area contributed by atoms with E-state index in [1.807, 2.05) is 0 Å². The molecule has 2 N–H and O–H groups in total. The number of aliphatic imine (C=N–C) groups is 1. The summed E-state index contributed by atoms with van der Waals surface area (Å²) in [6, 6.07) is 0. The third-order valence-corrected chi connectivity index (χ3v) is 0.616. The van der Waals surface area contributed by atoms with Crippen molar-refractivity contribution in [1.29, 1.82) is 5.41 Å². The van der Waals surface area contributed by atoms with Crippen LogP contribution < -0.4 is 5.32 Å². The molecule has 0 rings (SSSR count). The summed E-state index contributed by atoms with van der Waals surface area (Å²) in [4.78, 5) is 3.41. The molecule has 0 aromatic carbocycles. The normalized spacial score (nSPS) is 9.12. The molecule has 0 atom stereocenters. The van der Waals surface area contributed by atoms with Crippen molar-refractivity contribution in [3.05, 3.63) is 12.3 Å². The van der Waals surface area contributed by atoms with Crippen LogP contribution in [0.3, 0.4) is 0 Å². The van der Waals surface area contributed by atoms with Gasteiger partial charge in [-0.05, 0) is 12.8 Å². The highest BCUT2D eigenvalue weighted by molar-refractivity contribution is 5.89. The second kappa shape index (κ2) is 4.05. The van der Waals surface area contributed by atoms with Crippen molar-refractivity contribution in [2.45, 2.75) is 0 Å². The van der Waals surface area contributed by atoms with E-state index in [9.17, 15) is 0 Å². The van der Waals surface area contributed by atoms with Gasteiger partial charge in [0, 0.05) is 13.2 Å². The lowest BCUT2D eigenvalue weighted by Gasteiger charge is -1.89. The van der Waals surface area contributed by atoms with Gasteiger partial charge in [-0.2, -0.15) is 0 Å². The Morgan fingerprint density at radius 3 is 2.88 bits per heavy atom. The molecule has 0 aromatic rings. The first-order valence-electron chi connectivity index (χ1n) is 2.20. The number of rotatable bonds is 2. The standard InChI is InChI=1S/C5H9N3/c1-7-4-3-5(6)8-2/h3-4H,1H2,2H3,(H2,6,8)/b4-3-. The van der Waals surface area contributed by atoms with E-state index >= 15 is 0 Å². The number of hydrogen-bond acceptors (Lipinski definition) is 2. The van der Waals surface area contributed by atoms with E-state index in [0.29, 0.717) is 5.84 Å². The van der Waals surface area contributed by atoms with Crippen molar-refractivity contribution >= 4 is 12.6 Å². The molecule has 3 heteroatoms. The molecule has 0 saturated heterocycles. The van der Waals surface area contributed by atoms with Gasteiger partial charge in [0.1, 0.15) is 5.84 Å². The quantitative estimate of drug-likeness (QED) is 0.393. The summed E-state index contributed by atoms with van der Waals surface area (Å²) in [5.74, 6) is 0.331. The molecule has 0 unspecified atom stereocenters. The van der Waals surface area contributed by atoms with Gasteiger partial charge < -0.3 is 5.32 Å². The number of nitrogens with one attached hydrogen (secondary N) is 2. The zero-order valence-corrected chi connectivity index (χ0v) is 4.81. The van der Waals surface area contributed by atoms with Crippen molar-refractivity contribution in [3.8, 4) is 0 Å². The maximum Gasteiger partial charge on any atom is 0.119 e. The van der Waals surface area contributed by atoms with Gasteiger partial charge in [-0.1, -0.05) is 0 Å².